The summed E-state index contributed by atoms with van der Waals surface area (Å²) in [7, 11) is 2.79. The number of hydrogen-bond donors (Lipinski definition) is 1. The zero-order valence-electron chi connectivity index (χ0n) is 10.5. The number of methoxy groups -OCH3 is 1. The van der Waals surface area contributed by atoms with E-state index >= 15 is 0 Å². The third-order valence-corrected chi connectivity index (χ3v) is 2.66. The lowest BCUT2D eigenvalue weighted by atomic mass is 10.2. The molecule has 0 spiro atoms. The summed E-state index contributed by atoms with van der Waals surface area (Å²) in [5.74, 6) is -1.53. The number of hydrogen-bond acceptors (Lipinski definition) is 4. The van der Waals surface area contributed by atoms with Crippen molar-refractivity contribution in [2.45, 2.75) is 0 Å². The fraction of sp³-hybridized carbons (Fsp3) is 0.250. The number of rotatable bonds is 3. The van der Waals surface area contributed by atoms with Gasteiger partial charge < -0.3 is 9.64 Å². The van der Waals surface area contributed by atoms with Crippen LogP contribution in [0.25, 0.3) is 0 Å². The summed E-state index contributed by atoms with van der Waals surface area (Å²) in [5, 5.41) is 2.45. The van der Waals surface area contributed by atoms with Crippen LogP contribution in [0.3, 0.4) is 0 Å². The van der Waals surface area contributed by atoms with Gasteiger partial charge in [-0.3, -0.25) is 14.9 Å². The highest BCUT2D eigenvalue weighted by Crippen LogP contribution is 2.03. The van der Waals surface area contributed by atoms with Gasteiger partial charge in [-0.25, -0.2) is 4.39 Å². The molecule has 0 aliphatic carbocycles. The zero-order valence-corrected chi connectivity index (χ0v) is 11.3. The van der Waals surface area contributed by atoms with Crippen molar-refractivity contribution in [3.05, 3.63) is 35.6 Å². The number of thiocarbonyl (C=S) groups is 1. The molecule has 0 heterocycles. The molecule has 0 aromatic heterocycles. The third kappa shape index (κ3) is 4.63. The van der Waals surface area contributed by atoms with Crippen molar-refractivity contribution in [3.8, 4) is 0 Å². The molecule has 1 rings (SSSR count). The van der Waals surface area contributed by atoms with E-state index in [1.807, 2.05) is 0 Å². The number of amides is 1. The average molecular weight is 284 g/mol. The van der Waals surface area contributed by atoms with Crippen molar-refractivity contribution >= 4 is 29.2 Å². The summed E-state index contributed by atoms with van der Waals surface area (Å²) >= 11 is 4.94. The lowest BCUT2D eigenvalue weighted by Crippen LogP contribution is -2.42. The van der Waals surface area contributed by atoms with Crippen LogP contribution in [0.1, 0.15) is 10.4 Å². The molecule has 1 aromatic carbocycles. The van der Waals surface area contributed by atoms with Gasteiger partial charge in [0.15, 0.2) is 5.11 Å². The number of halogens is 1. The molecule has 0 saturated carbocycles. The van der Waals surface area contributed by atoms with Crippen LogP contribution >= 0.6 is 12.2 Å². The Bertz CT molecular complexity index is 508. The lowest BCUT2D eigenvalue weighted by molar-refractivity contribution is -0.140. The van der Waals surface area contributed by atoms with Crippen LogP contribution in [0.5, 0.6) is 0 Å². The van der Waals surface area contributed by atoms with E-state index < -0.39 is 17.7 Å². The maximum atomic E-state index is 13.0. The summed E-state index contributed by atoms with van der Waals surface area (Å²) in [4.78, 5) is 24.1. The summed E-state index contributed by atoms with van der Waals surface area (Å²) in [6.07, 6.45) is 0. The van der Waals surface area contributed by atoms with Gasteiger partial charge in [-0.05, 0) is 30.4 Å². The van der Waals surface area contributed by atoms with E-state index in [-0.39, 0.29) is 17.2 Å². The van der Waals surface area contributed by atoms with Crippen LogP contribution in [0.15, 0.2) is 24.3 Å². The Morgan fingerprint density at radius 1 is 1.47 bits per heavy atom. The highest BCUT2D eigenvalue weighted by molar-refractivity contribution is 7.80. The molecule has 0 unspecified atom stereocenters. The van der Waals surface area contributed by atoms with E-state index in [1.54, 1.807) is 0 Å². The zero-order chi connectivity index (χ0) is 14.4. The molecule has 19 heavy (non-hydrogen) atoms. The Morgan fingerprint density at radius 3 is 2.74 bits per heavy atom. The molecule has 0 saturated heterocycles. The quantitative estimate of drug-likeness (QED) is 0.661. The number of esters is 1. The molecule has 7 heteroatoms. The molecule has 1 amide bonds. The standard InChI is InChI=1S/C12H13FN2O3S/c1-15(7-10(16)18-2)12(19)14-11(17)8-4-3-5-9(13)6-8/h3-6H,7H2,1-2H3,(H,14,17,19). The van der Waals surface area contributed by atoms with Gasteiger partial charge in [0, 0.05) is 12.6 Å². The molecule has 0 radical (unpaired) electrons. The highest BCUT2D eigenvalue weighted by Gasteiger charge is 2.13. The predicted octanol–water partition coefficient (Wildman–Crippen LogP) is 0.945. The Balaban J connectivity index is 2.61. The van der Waals surface area contributed by atoms with Gasteiger partial charge in [0.1, 0.15) is 12.4 Å². The molecule has 0 aliphatic rings. The Morgan fingerprint density at radius 2 is 2.16 bits per heavy atom. The molecule has 0 fully saturated rings. The van der Waals surface area contributed by atoms with Crippen LogP contribution in [0.4, 0.5) is 4.39 Å². The molecular weight excluding hydrogens is 271 g/mol. The molecule has 0 atom stereocenters. The van der Waals surface area contributed by atoms with Crippen molar-refractivity contribution in [1.82, 2.24) is 10.2 Å². The maximum absolute atomic E-state index is 13.0. The summed E-state index contributed by atoms with van der Waals surface area (Å²) < 4.78 is 17.4. The summed E-state index contributed by atoms with van der Waals surface area (Å²) in [6.45, 7) is -0.0846. The first-order valence-electron chi connectivity index (χ1n) is 5.33. The second-order valence-corrected chi connectivity index (χ2v) is 4.09. The Hall–Kier alpha value is -2.02. The first kappa shape index (κ1) is 15.0. The second-order valence-electron chi connectivity index (χ2n) is 3.70. The Labute approximate surface area is 115 Å². The van der Waals surface area contributed by atoms with Gasteiger partial charge in [-0.2, -0.15) is 0 Å². The number of ether oxygens (including phenoxy) is 1. The van der Waals surface area contributed by atoms with E-state index in [9.17, 15) is 14.0 Å². The van der Waals surface area contributed by atoms with Crippen molar-refractivity contribution in [2.24, 2.45) is 0 Å². The van der Waals surface area contributed by atoms with Gasteiger partial charge in [0.05, 0.1) is 7.11 Å². The van der Waals surface area contributed by atoms with Gasteiger partial charge in [0.2, 0.25) is 0 Å². The smallest absolute Gasteiger partial charge is 0.325 e. The SMILES string of the molecule is COC(=O)CN(C)C(=S)NC(=O)c1cccc(F)c1. The van der Waals surface area contributed by atoms with Gasteiger partial charge in [0.25, 0.3) is 5.91 Å². The third-order valence-electron chi connectivity index (χ3n) is 2.25. The first-order valence-corrected chi connectivity index (χ1v) is 5.73. The minimum absolute atomic E-state index is 0.0552. The maximum Gasteiger partial charge on any atom is 0.325 e. The molecule has 1 aromatic rings. The van der Waals surface area contributed by atoms with Crippen LogP contribution in [-0.4, -0.2) is 42.6 Å². The average Bonchev–Trinajstić information content (AvgIpc) is 2.38. The van der Waals surface area contributed by atoms with Crippen LogP contribution in [0, 0.1) is 5.82 Å². The van der Waals surface area contributed by atoms with Gasteiger partial charge in [-0.15, -0.1) is 0 Å². The van der Waals surface area contributed by atoms with Gasteiger partial charge >= 0.3 is 5.97 Å². The van der Waals surface area contributed by atoms with E-state index in [0.717, 1.165) is 6.07 Å². The summed E-state index contributed by atoms with van der Waals surface area (Å²) in [5.41, 5.74) is 0.147. The summed E-state index contributed by atoms with van der Waals surface area (Å²) in [6, 6.07) is 5.21. The first-order chi connectivity index (χ1) is 8.93. The number of nitrogens with zero attached hydrogens (tertiary/aromatic N) is 1. The number of nitrogens with one attached hydrogen (secondary N) is 1. The molecule has 5 nitrogen and oxygen atoms in total. The van der Waals surface area contributed by atoms with Crippen molar-refractivity contribution in [1.29, 1.82) is 0 Å². The topological polar surface area (TPSA) is 58.6 Å². The number of likely N-dealkylation sites (N-methyl/N-ethyl adjacent to an activating group) is 1. The van der Waals surface area contributed by atoms with Crippen molar-refractivity contribution < 1.29 is 18.7 Å². The molecular formula is C12H13FN2O3S. The van der Waals surface area contributed by atoms with Crippen LogP contribution in [-0.2, 0) is 9.53 Å². The number of carbonyl (C=O) groups is 2. The largest absolute Gasteiger partial charge is 0.468 e. The monoisotopic (exact) mass is 284 g/mol. The van der Waals surface area contributed by atoms with Crippen molar-refractivity contribution in [3.63, 3.8) is 0 Å². The van der Waals surface area contributed by atoms with Gasteiger partial charge in [-0.1, -0.05) is 6.07 Å². The van der Waals surface area contributed by atoms with Crippen LogP contribution in [0.2, 0.25) is 0 Å². The Kier molecular flexibility index (Phi) is 5.37. The lowest BCUT2D eigenvalue weighted by Gasteiger charge is -2.18. The fourth-order valence-corrected chi connectivity index (χ4v) is 1.38. The molecule has 0 aliphatic heterocycles. The van der Waals surface area contributed by atoms with Crippen LogP contribution < -0.4 is 5.32 Å². The second kappa shape index (κ2) is 6.79. The fourth-order valence-electron chi connectivity index (χ4n) is 1.22. The highest BCUT2D eigenvalue weighted by atomic mass is 32.1. The predicted molar refractivity (Wildman–Crippen MR) is 71.1 cm³/mol. The molecule has 0 bridgehead atoms. The van der Waals surface area contributed by atoms with E-state index in [1.165, 1.54) is 37.3 Å². The molecule has 1 N–H and O–H groups in total. The minimum atomic E-state index is -0.541. The van der Waals surface area contributed by atoms with Crippen molar-refractivity contribution in [2.75, 3.05) is 20.7 Å². The number of carbonyl (C=O) groups excluding carboxylic acids is 2. The van der Waals surface area contributed by atoms with E-state index in [2.05, 4.69) is 10.1 Å². The normalized spacial score (nSPS) is 9.63. The van der Waals surface area contributed by atoms with E-state index in [0.29, 0.717) is 0 Å². The number of benzene rings is 1. The minimum Gasteiger partial charge on any atom is -0.468 e. The van der Waals surface area contributed by atoms with E-state index in [4.69, 9.17) is 12.2 Å². The molecule has 102 valence electrons.